The molecule has 4 heteroatoms. The van der Waals surface area contributed by atoms with Crippen LogP contribution < -0.4 is 0 Å². The lowest BCUT2D eigenvalue weighted by atomic mass is 10.0. The summed E-state index contributed by atoms with van der Waals surface area (Å²) in [6.45, 7) is 3.70. The molecule has 114 valence electrons. The molecule has 0 aromatic heterocycles. The molecule has 0 aliphatic heterocycles. The minimum absolute atomic E-state index is 0.0653. The zero-order valence-electron chi connectivity index (χ0n) is 12.0. The molecule has 0 heterocycles. The lowest BCUT2D eigenvalue weighted by molar-refractivity contribution is 0.0279. The zero-order chi connectivity index (χ0) is 15.9. The molecule has 0 saturated carbocycles. The van der Waals surface area contributed by atoms with Gasteiger partial charge in [0.2, 0.25) is 0 Å². The molecule has 0 spiro atoms. The van der Waals surface area contributed by atoms with Crippen molar-refractivity contribution in [2.75, 3.05) is 0 Å². The lowest BCUT2D eigenvalue weighted by Gasteiger charge is -2.18. The Bertz CT molecular complexity index is 653. The number of hydrogen-bond donors (Lipinski definition) is 1. The first-order chi connectivity index (χ1) is 10.6. The topological polar surface area (TPSA) is 46.5 Å². The summed E-state index contributed by atoms with van der Waals surface area (Å²) in [5, 5.41) is 9.53. The van der Waals surface area contributed by atoms with E-state index in [1.54, 1.807) is 6.08 Å². The molecule has 0 radical (unpaired) electrons. The Morgan fingerprint density at radius 1 is 1.27 bits per heavy atom. The molecule has 0 amide bonds. The maximum atomic E-state index is 12.3. The molecule has 0 saturated heterocycles. The molecule has 0 bridgehead atoms. The second-order valence-electron chi connectivity index (χ2n) is 4.84. The summed E-state index contributed by atoms with van der Waals surface area (Å²) in [5.41, 5.74) is 1.24. The minimum atomic E-state index is -0.472. The third kappa shape index (κ3) is 4.12. The van der Waals surface area contributed by atoms with E-state index in [1.165, 1.54) is 18.2 Å². The van der Waals surface area contributed by atoms with Crippen molar-refractivity contribution in [3.8, 4) is 5.75 Å². The summed E-state index contributed by atoms with van der Waals surface area (Å²) in [5.74, 6) is -0.538. The molecular formula is C18H17ClO3. The van der Waals surface area contributed by atoms with Gasteiger partial charge in [0.05, 0.1) is 10.6 Å². The van der Waals surface area contributed by atoms with Crippen LogP contribution in [0.4, 0.5) is 0 Å². The third-order valence-corrected chi connectivity index (χ3v) is 3.54. The van der Waals surface area contributed by atoms with Crippen molar-refractivity contribution in [1.82, 2.24) is 0 Å². The maximum absolute atomic E-state index is 12.3. The van der Waals surface area contributed by atoms with Crippen molar-refractivity contribution < 1.29 is 14.6 Å². The third-order valence-electron chi connectivity index (χ3n) is 3.24. The van der Waals surface area contributed by atoms with Crippen molar-refractivity contribution in [3.05, 3.63) is 77.3 Å². The summed E-state index contributed by atoms with van der Waals surface area (Å²) < 4.78 is 5.59. The van der Waals surface area contributed by atoms with Gasteiger partial charge in [-0.15, -0.1) is 6.58 Å². The molecule has 1 atom stereocenters. The van der Waals surface area contributed by atoms with Gasteiger partial charge in [-0.1, -0.05) is 48.0 Å². The fourth-order valence-electron chi connectivity index (χ4n) is 2.06. The second-order valence-corrected chi connectivity index (χ2v) is 5.24. The van der Waals surface area contributed by atoms with Crippen LogP contribution in [-0.2, 0) is 4.74 Å². The number of carbonyl (C=O) groups is 1. The summed E-state index contributed by atoms with van der Waals surface area (Å²) in [4.78, 5) is 12.3. The molecule has 2 aromatic rings. The summed E-state index contributed by atoms with van der Waals surface area (Å²) in [6, 6.07) is 13.8. The Labute approximate surface area is 134 Å². The highest BCUT2D eigenvalue weighted by Crippen LogP contribution is 2.27. The number of hydrogen-bond acceptors (Lipinski definition) is 3. The average molecular weight is 317 g/mol. The van der Waals surface area contributed by atoms with Crippen LogP contribution in [0, 0.1) is 0 Å². The molecule has 0 aliphatic carbocycles. The van der Waals surface area contributed by atoms with Crippen LogP contribution in [-0.4, -0.2) is 11.1 Å². The molecule has 3 nitrogen and oxygen atoms in total. The Hall–Kier alpha value is -2.26. The Balaban J connectivity index is 2.17. The van der Waals surface area contributed by atoms with E-state index in [9.17, 15) is 9.90 Å². The fourth-order valence-corrected chi connectivity index (χ4v) is 2.24. The molecule has 1 N–H and O–H groups in total. The van der Waals surface area contributed by atoms with Crippen LogP contribution in [0.1, 0.15) is 34.9 Å². The summed E-state index contributed by atoms with van der Waals surface area (Å²) in [6.07, 6.45) is 2.84. The van der Waals surface area contributed by atoms with Crippen LogP contribution >= 0.6 is 11.6 Å². The fraction of sp³-hybridized carbons (Fsp3) is 0.167. The van der Waals surface area contributed by atoms with Gasteiger partial charge in [-0.05, 0) is 36.6 Å². The quantitative estimate of drug-likeness (QED) is 0.608. The summed E-state index contributed by atoms with van der Waals surface area (Å²) in [7, 11) is 0. The van der Waals surface area contributed by atoms with Gasteiger partial charge in [-0.3, -0.25) is 0 Å². The van der Waals surface area contributed by atoms with Crippen LogP contribution in [0.15, 0.2) is 61.2 Å². The van der Waals surface area contributed by atoms with Crippen molar-refractivity contribution in [3.63, 3.8) is 0 Å². The van der Waals surface area contributed by atoms with E-state index in [1.807, 2.05) is 30.3 Å². The van der Waals surface area contributed by atoms with E-state index in [-0.39, 0.29) is 16.9 Å². The number of benzene rings is 2. The number of phenols is 1. The summed E-state index contributed by atoms with van der Waals surface area (Å²) >= 11 is 5.82. The molecule has 2 aromatic carbocycles. The van der Waals surface area contributed by atoms with Crippen LogP contribution in [0.5, 0.6) is 5.75 Å². The van der Waals surface area contributed by atoms with Crippen LogP contribution in [0.3, 0.4) is 0 Å². The number of allylic oxidation sites excluding steroid dienone is 1. The monoisotopic (exact) mass is 316 g/mol. The van der Waals surface area contributed by atoms with Gasteiger partial charge in [0.1, 0.15) is 11.9 Å². The van der Waals surface area contributed by atoms with Gasteiger partial charge in [0, 0.05) is 0 Å². The van der Waals surface area contributed by atoms with Gasteiger partial charge >= 0.3 is 5.97 Å². The first-order valence-electron chi connectivity index (χ1n) is 6.97. The minimum Gasteiger partial charge on any atom is -0.506 e. The number of aromatic hydroxyl groups is 1. The number of carbonyl (C=O) groups excluding carboxylic acids is 1. The smallest absolute Gasteiger partial charge is 0.338 e. The SMILES string of the molecule is C=CCCC(OC(=O)c1ccc(O)c(Cl)c1)c1ccccc1. The van der Waals surface area contributed by atoms with Gasteiger partial charge in [0.15, 0.2) is 0 Å². The van der Waals surface area contributed by atoms with E-state index in [0.29, 0.717) is 12.0 Å². The standard InChI is InChI=1S/C18H17ClO3/c1-2-3-9-17(13-7-5-4-6-8-13)22-18(21)14-10-11-16(20)15(19)12-14/h2,4-8,10-12,17,20H,1,3,9H2. The Morgan fingerprint density at radius 3 is 2.64 bits per heavy atom. The van der Waals surface area contributed by atoms with Crippen molar-refractivity contribution in [2.24, 2.45) is 0 Å². The van der Waals surface area contributed by atoms with E-state index in [4.69, 9.17) is 16.3 Å². The maximum Gasteiger partial charge on any atom is 0.338 e. The van der Waals surface area contributed by atoms with Crippen LogP contribution in [0.25, 0.3) is 0 Å². The molecule has 2 rings (SSSR count). The van der Waals surface area contributed by atoms with E-state index in [0.717, 1.165) is 12.0 Å². The van der Waals surface area contributed by atoms with Crippen molar-refractivity contribution in [2.45, 2.75) is 18.9 Å². The van der Waals surface area contributed by atoms with Crippen LogP contribution in [0.2, 0.25) is 5.02 Å². The predicted octanol–water partition coefficient (Wildman–Crippen LogP) is 4.91. The lowest BCUT2D eigenvalue weighted by Crippen LogP contribution is -2.11. The zero-order valence-corrected chi connectivity index (χ0v) is 12.8. The van der Waals surface area contributed by atoms with Crippen molar-refractivity contribution in [1.29, 1.82) is 0 Å². The molecule has 0 fully saturated rings. The average Bonchev–Trinajstić information content (AvgIpc) is 2.54. The predicted molar refractivity (Wildman–Crippen MR) is 87.1 cm³/mol. The number of phenolic OH excluding ortho intramolecular Hbond substituents is 1. The molecule has 22 heavy (non-hydrogen) atoms. The van der Waals surface area contributed by atoms with E-state index < -0.39 is 5.97 Å². The van der Waals surface area contributed by atoms with Crippen molar-refractivity contribution >= 4 is 17.6 Å². The highest BCUT2D eigenvalue weighted by atomic mass is 35.5. The van der Waals surface area contributed by atoms with Gasteiger partial charge in [-0.2, -0.15) is 0 Å². The highest BCUT2D eigenvalue weighted by Gasteiger charge is 2.18. The molecular weight excluding hydrogens is 300 g/mol. The molecule has 0 aliphatic rings. The van der Waals surface area contributed by atoms with E-state index >= 15 is 0 Å². The van der Waals surface area contributed by atoms with Gasteiger partial charge in [-0.25, -0.2) is 4.79 Å². The number of halogens is 1. The van der Waals surface area contributed by atoms with E-state index in [2.05, 4.69) is 6.58 Å². The first-order valence-corrected chi connectivity index (χ1v) is 7.35. The normalized spacial score (nSPS) is 11.7. The highest BCUT2D eigenvalue weighted by molar-refractivity contribution is 6.32. The molecule has 1 unspecified atom stereocenters. The van der Waals surface area contributed by atoms with Gasteiger partial charge in [0.25, 0.3) is 0 Å². The number of esters is 1. The number of rotatable bonds is 6. The Kier molecular flexibility index (Phi) is 5.61. The Morgan fingerprint density at radius 2 is 2.00 bits per heavy atom. The second kappa shape index (κ2) is 7.66. The largest absolute Gasteiger partial charge is 0.506 e. The van der Waals surface area contributed by atoms with Gasteiger partial charge < -0.3 is 9.84 Å². The number of ether oxygens (including phenoxy) is 1. The first kappa shape index (κ1) is 16.1.